The van der Waals surface area contributed by atoms with Crippen molar-refractivity contribution in [3.05, 3.63) is 29.5 Å². The average Bonchev–Trinajstić information content (AvgIpc) is 2.65. The molecule has 0 aliphatic rings. The molecule has 2 aromatic rings. The van der Waals surface area contributed by atoms with Gasteiger partial charge in [-0.2, -0.15) is 0 Å². The van der Waals surface area contributed by atoms with Crippen molar-refractivity contribution >= 4 is 28.5 Å². The fraction of sp³-hybridized carbons (Fsp3) is 0.182. The van der Waals surface area contributed by atoms with Crippen LogP contribution in [0.3, 0.4) is 0 Å². The van der Waals surface area contributed by atoms with Crippen LogP contribution in [0.1, 0.15) is 16.1 Å². The molecule has 16 heavy (non-hydrogen) atoms. The van der Waals surface area contributed by atoms with E-state index in [0.717, 1.165) is 0 Å². The van der Waals surface area contributed by atoms with E-state index in [1.807, 2.05) is 0 Å². The molecule has 4 nitrogen and oxygen atoms in total. The van der Waals surface area contributed by atoms with Crippen molar-refractivity contribution in [2.45, 2.75) is 5.88 Å². The van der Waals surface area contributed by atoms with E-state index in [0.29, 0.717) is 16.7 Å². The Bertz CT molecular complexity index is 544. The van der Waals surface area contributed by atoms with Gasteiger partial charge >= 0.3 is 5.97 Å². The zero-order valence-corrected chi connectivity index (χ0v) is 9.25. The van der Waals surface area contributed by atoms with E-state index in [1.165, 1.54) is 7.11 Å². The molecule has 0 amide bonds. The van der Waals surface area contributed by atoms with Gasteiger partial charge in [0.05, 0.1) is 13.0 Å². The number of ether oxygens (including phenoxy) is 1. The lowest BCUT2D eigenvalue weighted by atomic mass is 10.1. The lowest BCUT2D eigenvalue weighted by Gasteiger charge is -1.98. The Morgan fingerprint density at radius 2 is 2.31 bits per heavy atom. The molecule has 1 heterocycles. The first kappa shape index (κ1) is 10.8. The van der Waals surface area contributed by atoms with Crippen LogP contribution in [0.25, 0.3) is 11.0 Å². The molecule has 84 valence electrons. The maximum Gasteiger partial charge on any atom is 0.339 e. The van der Waals surface area contributed by atoms with Gasteiger partial charge < -0.3 is 14.3 Å². The summed E-state index contributed by atoms with van der Waals surface area (Å²) in [5.41, 5.74) is 0.595. The molecule has 0 unspecified atom stereocenters. The van der Waals surface area contributed by atoms with Crippen LogP contribution in [-0.4, -0.2) is 18.2 Å². The minimum absolute atomic E-state index is 0.0264. The molecule has 0 aliphatic heterocycles. The molecular formula is C11H9ClO4. The number of alkyl halides is 1. The summed E-state index contributed by atoms with van der Waals surface area (Å²) in [4.78, 5) is 11.1. The summed E-state index contributed by atoms with van der Waals surface area (Å²) in [6.07, 6.45) is 0. The Labute approximate surface area is 96.4 Å². The molecule has 2 rings (SSSR count). The van der Waals surface area contributed by atoms with E-state index in [4.69, 9.17) is 25.9 Å². The summed E-state index contributed by atoms with van der Waals surface area (Å²) < 4.78 is 10.4. The lowest BCUT2D eigenvalue weighted by Crippen LogP contribution is -1.98. The number of hydrogen-bond acceptors (Lipinski definition) is 3. The minimum Gasteiger partial charge on any atom is -0.497 e. The highest BCUT2D eigenvalue weighted by Gasteiger charge is 2.19. The number of halogens is 1. The van der Waals surface area contributed by atoms with Crippen LogP contribution < -0.4 is 4.74 Å². The SMILES string of the molecule is COc1ccc2oc(CCl)c(C(=O)O)c2c1. The van der Waals surface area contributed by atoms with Crippen molar-refractivity contribution in [2.75, 3.05) is 7.11 Å². The van der Waals surface area contributed by atoms with Crippen molar-refractivity contribution in [1.82, 2.24) is 0 Å². The fourth-order valence-electron chi connectivity index (χ4n) is 1.58. The molecule has 1 aromatic heterocycles. The van der Waals surface area contributed by atoms with Crippen molar-refractivity contribution in [3.63, 3.8) is 0 Å². The van der Waals surface area contributed by atoms with E-state index in [-0.39, 0.29) is 17.2 Å². The van der Waals surface area contributed by atoms with Gasteiger partial charge in [0, 0.05) is 5.39 Å². The Hall–Kier alpha value is -1.68. The van der Waals surface area contributed by atoms with Gasteiger partial charge in [-0.3, -0.25) is 0 Å². The highest BCUT2D eigenvalue weighted by atomic mass is 35.5. The molecular weight excluding hydrogens is 232 g/mol. The van der Waals surface area contributed by atoms with Gasteiger partial charge in [0.1, 0.15) is 22.7 Å². The number of aromatic carboxylic acids is 1. The molecule has 1 aromatic carbocycles. The molecule has 0 bridgehead atoms. The van der Waals surface area contributed by atoms with E-state index in [9.17, 15) is 4.79 Å². The van der Waals surface area contributed by atoms with Gasteiger partial charge in [-0.15, -0.1) is 11.6 Å². The number of rotatable bonds is 3. The third-order valence-corrected chi connectivity index (χ3v) is 2.55. The standard InChI is InChI=1S/C11H9ClO4/c1-15-6-2-3-8-7(4-6)10(11(13)14)9(5-12)16-8/h2-4H,5H2,1H3,(H,13,14). The molecule has 0 aliphatic carbocycles. The van der Waals surface area contributed by atoms with Crippen LogP contribution in [-0.2, 0) is 5.88 Å². The van der Waals surface area contributed by atoms with Crippen LogP contribution in [0, 0.1) is 0 Å². The molecule has 0 radical (unpaired) electrons. The smallest absolute Gasteiger partial charge is 0.339 e. The predicted octanol–water partition coefficient (Wildman–Crippen LogP) is 2.88. The molecule has 0 saturated carbocycles. The number of methoxy groups -OCH3 is 1. The van der Waals surface area contributed by atoms with Gasteiger partial charge in [-0.1, -0.05) is 0 Å². The monoisotopic (exact) mass is 240 g/mol. The van der Waals surface area contributed by atoms with Gasteiger partial charge in [0.2, 0.25) is 0 Å². The van der Waals surface area contributed by atoms with Crippen LogP contribution >= 0.6 is 11.6 Å². The summed E-state index contributed by atoms with van der Waals surface area (Å²) in [5, 5.41) is 9.59. The van der Waals surface area contributed by atoms with E-state index in [1.54, 1.807) is 18.2 Å². The molecule has 1 N–H and O–H groups in total. The van der Waals surface area contributed by atoms with Crippen molar-refractivity contribution in [1.29, 1.82) is 0 Å². The number of hydrogen-bond donors (Lipinski definition) is 1. The van der Waals surface area contributed by atoms with Gasteiger partial charge in [0.15, 0.2) is 0 Å². The molecule has 0 fully saturated rings. The van der Waals surface area contributed by atoms with Gasteiger partial charge in [-0.05, 0) is 18.2 Å². The average molecular weight is 241 g/mol. The molecule has 5 heteroatoms. The third kappa shape index (κ3) is 1.61. The van der Waals surface area contributed by atoms with Crippen LogP contribution in [0.15, 0.2) is 22.6 Å². The first-order valence-electron chi connectivity index (χ1n) is 4.56. The minimum atomic E-state index is -1.05. The van der Waals surface area contributed by atoms with E-state index < -0.39 is 5.97 Å². The second-order valence-corrected chi connectivity index (χ2v) is 3.47. The summed E-state index contributed by atoms with van der Waals surface area (Å²) in [6.45, 7) is 0. The predicted molar refractivity (Wildman–Crippen MR) is 59.3 cm³/mol. The highest BCUT2D eigenvalue weighted by molar-refractivity contribution is 6.18. The second kappa shape index (κ2) is 4.06. The van der Waals surface area contributed by atoms with Gasteiger partial charge in [0.25, 0.3) is 0 Å². The number of carbonyl (C=O) groups is 1. The number of fused-ring (bicyclic) bond motifs is 1. The second-order valence-electron chi connectivity index (χ2n) is 3.20. The summed E-state index contributed by atoms with van der Waals surface area (Å²) in [7, 11) is 1.52. The Balaban J connectivity index is 2.75. The maximum absolute atomic E-state index is 11.1. The fourth-order valence-corrected chi connectivity index (χ4v) is 1.77. The zero-order valence-electron chi connectivity index (χ0n) is 8.49. The highest BCUT2D eigenvalue weighted by Crippen LogP contribution is 2.30. The Morgan fingerprint density at radius 3 is 2.88 bits per heavy atom. The van der Waals surface area contributed by atoms with Crippen molar-refractivity contribution in [3.8, 4) is 5.75 Å². The summed E-state index contributed by atoms with van der Waals surface area (Å²) in [5.74, 6) is -0.185. The van der Waals surface area contributed by atoms with Crippen molar-refractivity contribution < 1.29 is 19.1 Å². The van der Waals surface area contributed by atoms with Crippen molar-refractivity contribution in [2.24, 2.45) is 0 Å². The quantitative estimate of drug-likeness (QED) is 0.838. The number of furan rings is 1. The third-order valence-electron chi connectivity index (χ3n) is 2.30. The number of carboxylic acid groups (broad SMARTS) is 1. The van der Waals surface area contributed by atoms with E-state index in [2.05, 4.69) is 0 Å². The first-order chi connectivity index (χ1) is 7.67. The largest absolute Gasteiger partial charge is 0.497 e. The van der Waals surface area contributed by atoms with E-state index >= 15 is 0 Å². The first-order valence-corrected chi connectivity index (χ1v) is 5.09. The summed E-state index contributed by atoms with van der Waals surface area (Å²) in [6, 6.07) is 4.99. The Morgan fingerprint density at radius 1 is 1.56 bits per heavy atom. The van der Waals surface area contributed by atoms with Crippen LogP contribution in [0.2, 0.25) is 0 Å². The van der Waals surface area contributed by atoms with Gasteiger partial charge in [-0.25, -0.2) is 4.79 Å². The van der Waals surface area contributed by atoms with Crippen LogP contribution in [0.5, 0.6) is 5.75 Å². The molecule has 0 spiro atoms. The summed E-state index contributed by atoms with van der Waals surface area (Å²) >= 11 is 5.63. The normalized spacial score (nSPS) is 10.6. The number of carboxylic acids is 1. The Kier molecular flexibility index (Phi) is 2.75. The number of benzene rings is 1. The van der Waals surface area contributed by atoms with Crippen LogP contribution in [0.4, 0.5) is 0 Å². The lowest BCUT2D eigenvalue weighted by molar-refractivity contribution is 0.0696. The molecule has 0 atom stereocenters. The zero-order chi connectivity index (χ0) is 11.7. The topological polar surface area (TPSA) is 59.7 Å². The molecule has 0 saturated heterocycles. The maximum atomic E-state index is 11.1.